The number of ether oxygens (including phenoxy) is 1. The van der Waals surface area contributed by atoms with Gasteiger partial charge in [0.15, 0.2) is 6.61 Å². The maximum Gasteiger partial charge on any atom is 0.338 e. The SMILES string of the molecule is Cc1ccc([N+](=O)[O-])cc1NC(=O)COC(=O)c1ccccc1. The average Bonchev–Trinajstić information content (AvgIpc) is 2.55. The number of hydrogen-bond acceptors (Lipinski definition) is 5. The van der Waals surface area contributed by atoms with Crippen LogP contribution in [0.25, 0.3) is 0 Å². The summed E-state index contributed by atoms with van der Waals surface area (Å²) >= 11 is 0. The van der Waals surface area contributed by atoms with E-state index >= 15 is 0 Å². The summed E-state index contributed by atoms with van der Waals surface area (Å²) in [5.74, 6) is -1.19. The van der Waals surface area contributed by atoms with Gasteiger partial charge in [-0.3, -0.25) is 14.9 Å². The molecule has 0 radical (unpaired) electrons. The van der Waals surface area contributed by atoms with E-state index in [1.54, 1.807) is 37.3 Å². The molecular formula is C16H14N2O5. The van der Waals surface area contributed by atoms with E-state index in [-0.39, 0.29) is 5.69 Å². The summed E-state index contributed by atoms with van der Waals surface area (Å²) in [6.45, 7) is 1.23. The van der Waals surface area contributed by atoms with Gasteiger partial charge in [-0.2, -0.15) is 0 Å². The molecule has 2 aromatic rings. The molecule has 0 bridgehead atoms. The smallest absolute Gasteiger partial charge is 0.338 e. The van der Waals surface area contributed by atoms with Crippen molar-refractivity contribution in [1.29, 1.82) is 0 Å². The molecule has 2 aromatic carbocycles. The zero-order valence-electron chi connectivity index (χ0n) is 12.3. The van der Waals surface area contributed by atoms with Crippen molar-refractivity contribution < 1.29 is 19.2 Å². The first-order valence-corrected chi connectivity index (χ1v) is 6.74. The Balaban J connectivity index is 1.96. The van der Waals surface area contributed by atoms with E-state index < -0.39 is 23.4 Å². The molecule has 118 valence electrons. The van der Waals surface area contributed by atoms with Gasteiger partial charge in [0.1, 0.15) is 0 Å². The quantitative estimate of drug-likeness (QED) is 0.519. The van der Waals surface area contributed by atoms with Gasteiger partial charge in [0.25, 0.3) is 11.6 Å². The van der Waals surface area contributed by atoms with Crippen LogP contribution in [0.4, 0.5) is 11.4 Å². The van der Waals surface area contributed by atoms with Gasteiger partial charge in [-0.15, -0.1) is 0 Å². The molecule has 0 atom stereocenters. The maximum absolute atomic E-state index is 11.8. The summed E-state index contributed by atoms with van der Waals surface area (Å²) in [4.78, 5) is 33.7. The summed E-state index contributed by atoms with van der Waals surface area (Å²) in [5.41, 5.74) is 1.18. The lowest BCUT2D eigenvalue weighted by Crippen LogP contribution is -2.21. The first kappa shape index (κ1) is 16.2. The standard InChI is InChI=1S/C16H14N2O5/c1-11-7-8-13(18(21)22)9-14(11)17-15(19)10-23-16(20)12-5-3-2-4-6-12/h2-9H,10H2,1H3,(H,17,19). The first-order valence-electron chi connectivity index (χ1n) is 6.74. The van der Waals surface area contributed by atoms with Crippen LogP contribution < -0.4 is 5.32 Å². The van der Waals surface area contributed by atoms with Crippen molar-refractivity contribution in [3.8, 4) is 0 Å². The lowest BCUT2D eigenvalue weighted by atomic mass is 10.2. The van der Waals surface area contributed by atoms with Crippen LogP contribution in [0.3, 0.4) is 0 Å². The first-order chi connectivity index (χ1) is 11.0. The van der Waals surface area contributed by atoms with E-state index in [9.17, 15) is 19.7 Å². The number of nitrogens with one attached hydrogen (secondary N) is 1. The molecule has 0 heterocycles. The Morgan fingerprint density at radius 1 is 1.17 bits per heavy atom. The number of non-ortho nitro benzene ring substituents is 1. The predicted molar refractivity (Wildman–Crippen MR) is 83.2 cm³/mol. The van der Waals surface area contributed by atoms with Gasteiger partial charge in [-0.1, -0.05) is 24.3 Å². The highest BCUT2D eigenvalue weighted by molar-refractivity contribution is 5.96. The Kier molecular flexibility index (Phi) is 5.03. The fraction of sp³-hybridized carbons (Fsp3) is 0.125. The number of hydrogen-bond donors (Lipinski definition) is 1. The molecule has 0 saturated heterocycles. The molecule has 7 heteroatoms. The minimum atomic E-state index is -0.614. The molecule has 1 amide bonds. The topological polar surface area (TPSA) is 98.5 Å². The van der Waals surface area contributed by atoms with Crippen molar-refractivity contribution in [2.45, 2.75) is 6.92 Å². The van der Waals surface area contributed by atoms with Gasteiger partial charge in [0.2, 0.25) is 0 Å². The Morgan fingerprint density at radius 2 is 1.87 bits per heavy atom. The largest absolute Gasteiger partial charge is 0.452 e. The van der Waals surface area contributed by atoms with Crippen molar-refractivity contribution in [2.24, 2.45) is 0 Å². The van der Waals surface area contributed by atoms with E-state index in [1.165, 1.54) is 18.2 Å². The maximum atomic E-state index is 11.8. The van der Waals surface area contributed by atoms with Crippen molar-refractivity contribution in [3.63, 3.8) is 0 Å². The molecule has 1 N–H and O–H groups in total. The van der Waals surface area contributed by atoms with Crippen LogP contribution in [0.15, 0.2) is 48.5 Å². The van der Waals surface area contributed by atoms with E-state index in [1.807, 2.05) is 0 Å². The summed E-state index contributed by atoms with van der Waals surface area (Å²) in [5, 5.41) is 13.2. The molecule has 0 saturated carbocycles. The van der Waals surface area contributed by atoms with Gasteiger partial charge < -0.3 is 10.1 Å². The third kappa shape index (κ3) is 4.37. The van der Waals surface area contributed by atoms with Gasteiger partial charge >= 0.3 is 5.97 Å². The number of nitro benzene ring substituents is 1. The number of amides is 1. The van der Waals surface area contributed by atoms with Gasteiger partial charge in [0, 0.05) is 12.1 Å². The Hall–Kier alpha value is -3.22. The second-order valence-corrected chi connectivity index (χ2v) is 4.75. The second-order valence-electron chi connectivity index (χ2n) is 4.75. The third-order valence-electron chi connectivity index (χ3n) is 3.05. The Labute approximate surface area is 132 Å². The van der Waals surface area contributed by atoms with Crippen LogP contribution in [-0.2, 0) is 9.53 Å². The molecule has 2 rings (SSSR count). The number of nitro groups is 1. The molecule has 0 fully saturated rings. The average molecular weight is 314 g/mol. The minimum absolute atomic E-state index is 0.132. The van der Waals surface area contributed by atoms with E-state index in [2.05, 4.69) is 5.32 Å². The Morgan fingerprint density at radius 3 is 2.52 bits per heavy atom. The highest BCUT2D eigenvalue weighted by Gasteiger charge is 2.13. The van der Waals surface area contributed by atoms with Crippen molar-refractivity contribution in [3.05, 3.63) is 69.8 Å². The molecule has 0 aliphatic carbocycles. The number of anilines is 1. The van der Waals surface area contributed by atoms with Crippen molar-refractivity contribution >= 4 is 23.3 Å². The fourth-order valence-corrected chi connectivity index (χ4v) is 1.83. The minimum Gasteiger partial charge on any atom is -0.452 e. The highest BCUT2D eigenvalue weighted by atomic mass is 16.6. The molecule has 7 nitrogen and oxygen atoms in total. The van der Waals surface area contributed by atoms with Crippen LogP contribution in [0, 0.1) is 17.0 Å². The highest BCUT2D eigenvalue weighted by Crippen LogP contribution is 2.21. The Bertz CT molecular complexity index is 743. The zero-order chi connectivity index (χ0) is 16.8. The number of nitrogens with zero attached hydrogens (tertiary/aromatic N) is 1. The van der Waals surface area contributed by atoms with Crippen LogP contribution >= 0.6 is 0 Å². The van der Waals surface area contributed by atoms with E-state index in [0.717, 1.165) is 0 Å². The predicted octanol–water partition coefficient (Wildman–Crippen LogP) is 2.70. The number of aryl methyl sites for hydroxylation is 1. The number of esters is 1. The molecule has 0 aromatic heterocycles. The van der Waals surface area contributed by atoms with Gasteiger partial charge in [0.05, 0.1) is 16.2 Å². The van der Waals surface area contributed by atoms with Crippen LogP contribution in [-0.4, -0.2) is 23.4 Å². The molecule has 0 unspecified atom stereocenters. The zero-order valence-corrected chi connectivity index (χ0v) is 12.3. The van der Waals surface area contributed by atoms with Crippen molar-refractivity contribution in [1.82, 2.24) is 0 Å². The molecule has 0 aliphatic rings. The van der Waals surface area contributed by atoms with Crippen molar-refractivity contribution in [2.75, 3.05) is 11.9 Å². The molecule has 0 aliphatic heterocycles. The second kappa shape index (κ2) is 7.17. The van der Waals surface area contributed by atoms with Gasteiger partial charge in [-0.05, 0) is 24.6 Å². The summed E-state index contributed by atoms with van der Waals surface area (Å²) < 4.78 is 4.89. The number of carbonyl (C=O) groups excluding carboxylic acids is 2. The lowest BCUT2D eigenvalue weighted by molar-refractivity contribution is -0.384. The molecular weight excluding hydrogens is 300 g/mol. The van der Waals surface area contributed by atoms with E-state index in [4.69, 9.17) is 4.74 Å². The van der Waals surface area contributed by atoms with Gasteiger partial charge in [-0.25, -0.2) is 4.79 Å². The summed E-state index contributed by atoms with van der Waals surface area (Å²) in [7, 11) is 0. The molecule has 23 heavy (non-hydrogen) atoms. The van der Waals surface area contributed by atoms with Crippen LogP contribution in [0.1, 0.15) is 15.9 Å². The summed E-state index contributed by atoms with van der Waals surface area (Å²) in [6, 6.07) is 12.4. The van der Waals surface area contributed by atoms with E-state index in [0.29, 0.717) is 16.8 Å². The normalized spacial score (nSPS) is 9.96. The van der Waals surface area contributed by atoms with Crippen LogP contribution in [0.5, 0.6) is 0 Å². The molecule has 0 spiro atoms. The van der Waals surface area contributed by atoms with Crippen LogP contribution in [0.2, 0.25) is 0 Å². The number of carbonyl (C=O) groups is 2. The number of rotatable bonds is 5. The number of benzene rings is 2. The summed E-state index contributed by atoms with van der Waals surface area (Å²) in [6.07, 6.45) is 0. The lowest BCUT2D eigenvalue weighted by Gasteiger charge is -2.09. The monoisotopic (exact) mass is 314 g/mol. The third-order valence-corrected chi connectivity index (χ3v) is 3.05. The fourth-order valence-electron chi connectivity index (χ4n) is 1.83.